The first-order chi connectivity index (χ1) is 9.75. The maximum absolute atomic E-state index is 6.08. The van der Waals surface area contributed by atoms with E-state index in [1.807, 2.05) is 67.6 Å². The number of hydrogen-bond donors (Lipinski definition) is 0. The fraction of sp³-hybridized carbons (Fsp3) is 0.188. The minimum Gasteiger partial charge on any atom is -0.280 e. The fourth-order valence-corrected chi connectivity index (χ4v) is 2.61. The first-order valence-electron chi connectivity index (χ1n) is 6.50. The van der Waals surface area contributed by atoms with Gasteiger partial charge in [-0.1, -0.05) is 60.7 Å². The van der Waals surface area contributed by atoms with Gasteiger partial charge in [-0.2, -0.15) is 9.78 Å². The molecule has 1 saturated heterocycles. The Bertz CT molecular complexity index is 671. The van der Waals surface area contributed by atoms with Crippen LogP contribution in [0.2, 0.25) is 0 Å². The molecule has 0 spiro atoms. The van der Waals surface area contributed by atoms with Crippen LogP contribution in [-0.2, 0) is 26.2 Å². The molecule has 4 rings (SSSR count). The molecule has 0 aromatic heterocycles. The predicted octanol–water partition coefficient (Wildman–Crippen LogP) is 3.10. The number of hydrogen-bond acceptors (Lipinski definition) is 4. The van der Waals surface area contributed by atoms with Gasteiger partial charge in [-0.25, -0.2) is 4.99 Å². The van der Waals surface area contributed by atoms with Crippen LogP contribution in [0, 0.1) is 0 Å². The molecule has 2 heterocycles. The van der Waals surface area contributed by atoms with Gasteiger partial charge in [-0.3, -0.25) is 4.74 Å². The average Bonchev–Trinajstić information content (AvgIpc) is 3.04. The van der Waals surface area contributed by atoms with Gasteiger partial charge in [0, 0.05) is 11.1 Å². The van der Waals surface area contributed by atoms with Gasteiger partial charge in [0.2, 0.25) is 0 Å². The summed E-state index contributed by atoms with van der Waals surface area (Å²) in [5, 5.41) is 0. The van der Waals surface area contributed by atoms with Crippen LogP contribution in [0.1, 0.15) is 18.1 Å². The van der Waals surface area contributed by atoms with E-state index in [1.54, 1.807) is 0 Å². The highest BCUT2D eigenvalue weighted by Gasteiger charge is 2.62. The first kappa shape index (κ1) is 11.8. The largest absolute Gasteiger partial charge is 0.329 e. The average molecular weight is 267 g/mol. The Morgan fingerprint density at radius 2 is 1.40 bits per heavy atom. The molecule has 1 fully saturated rings. The van der Waals surface area contributed by atoms with Gasteiger partial charge in [-0.15, -0.1) is 0 Å². The molecule has 4 nitrogen and oxygen atoms in total. The zero-order valence-electron chi connectivity index (χ0n) is 10.9. The fourth-order valence-electron chi connectivity index (χ4n) is 2.61. The number of aliphatic imine (C=N–C) groups is 1. The molecule has 2 atom stereocenters. The molecule has 0 saturated carbocycles. The summed E-state index contributed by atoms with van der Waals surface area (Å²) < 4.78 is 6.08. The van der Waals surface area contributed by atoms with Crippen LogP contribution in [0.4, 0.5) is 0 Å². The van der Waals surface area contributed by atoms with Gasteiger partial charge in [0.15, 0.2) is 0 Å². The minimum absolute atomic E-state index is 0.749. The molecule has 2 aromatic rings. The number of ether oxygens (including phenoxy) is 1. The quantitative estimate of drug-likeness (QED) is 0.785. The summed E-state index contributed by atoms with van der Waals surface area (Å²) in [6.07, 6.45) is 0. The van der Waals surface area contributed by atoms with Gasteiger partial charge >= 0.3 is 5.91 Å². The summed E-state index contributed by atoms with van der Waals surface area (Å²) in [5.41, 5.74) is 2.44. The van der Waals surface area contributed by atoms with Crippen LogP contribution in [0.15, 0.2) is 65.7 Å². The molecule has 100 valence electrons. The van der Waals surface area contributed by atoms with Crippen molar-refractivity contribution in [3.63, 3.8) is 0 Å². The topological polar surface area (TPSA) is 40.0 Å². The Morgan fingerprint density at radius 3 is 2.00 bits per heavy atom. The van der Waals surface area contributed by atoms with Crippen LogP contribution >= 0.6 is 0 Å². The van der Waals surface area contributed by atoms with E-state index < -0.39 is 11.7 Å². The van der Waals surface area contributed by atoms with Gasteiger partial charge < -0.3 is 0 Å². The second-order valence-electron chi connectivity index (χ2n) is 4.90. The number of benzene rings is 2. The van der Waals surface area contributed by atoms with Crippen LogP contribution in [-0.4, -0.2) is 5.71 Å². The van der Waals surface area contributed by atoms with Gasteiger partial charge in [0.1, 0.15) is 0 Å². The Kier molecular flexibility index (Phi) is 2.35. The molecule has 4 heteroatoms. The summed E-state index contributed by atoms with van der Waals surface area (Å²) in [7, 11) is 0. The summed E-state index contributed by atoms with van der Waals surface area (Å²) in [5.74, 6) is -2.24. The standard InChI is InChI=1S/C16H13NO3/c1-12-15(13-8-4-2-5-9-13)18-16(17-12,20-19-15)14-10-6-3-7-11-14/h2-11H,1H3/t15-,16-/m1/s1. The normalized spacial score (nSPS) is 31.4. The van der Waals surface area contributed by atoms with Crippen molar-refractivity contribution in [1.82, 2.24) is 0 Å². The monoisotopic (exact) mass is 267 g/mol. The van der Waals surface area contributed by atoms with Gasteiger partial charge in [0.25, 0.3) is 5.79 Å². The van der Waals surface area contributed by atoms with Crippen molar-refractivity contribution in [2.24, 2.45) is 4.99 Å². The predicted molar refractivity (Wildman–Crippen MR) is 72.6 cm³/mol. The lowest BCUT2D eigenvalue weighted by Crippen LogP contribution is -2.33. The third-order valence-electron chi connectivity index (χ3n) is 3.64. The number of fused-ring (bicyclic) bond motifs is 2. The molecule has 0 aliphatic carbocycles. The highest BCUT2D eigenvalue weighted by atomic mass is 17.3. The lowest BCUT2D eigenvalue weighted by atomic mass is 10.0. The molecular weight excluding hydrogens is 254 g/mol. The molecule has 0 unspecified atom stereocenters. The van der Waals surface area contributed by atoms with Gasteiger partial charge in [-0.05, 0) is 6.92 Å². The van der Waals surface area contributed by atoms with E-state index in [9.17, 15) is 0 Å². The lowest BCUT2D eigenvalue weighted by molar-refractivity contribution is -0.352. The zero-order chi connectivity index (χ0) is 13.6. The second kappa shape index (κ2) is 3.99. The maximum Gasteiger partial charge on any atom is 0.329 e. The molecule has 2 aliphatic rings. The zero-order valence-corrected chi connectivity index (χ0v) is 10.9. The first-order valence-corrected chi connectivity index (χ1v) is 6.50. The van der Waals surface area contributed by atoms with Crippen LogP contribution in [0.25, 0.3) is 0 Å². The van der Waals surface area contributed by atoms with Crippen molar-refractivity contribution >= 4 is 5.71 Å². The summed E-state index contributed by atoms with van der Waals surface area (Å²) >= 11 is 0. The molecule has 2 aliphatic heterocycles. The molecule has 2 bridgehead atoms. The maximum atomic E-state index is 6.08. The Balaban J connectivity index is 1.81. The number of nitrogens with zero attached hydrogens (tertiary/aromatic N) is 1. The van der Waals surface area contributed by atoms with Crippen molar-refractivity contribution in [1.29, 1.82) is 0 Å². The SMILES string of the molecule is CC1=N[C@@]2(c3ccccc3)OO[C@]1(c1ccccc1)O2. The molecule has 0 radical (unpaired) electrons. The molecule has 2 aromatic carbocycles. The highest BCUT2D eigenvalue weighted by Crippen LogP contribution is 2.52. The molecular formula is C16H13NO3. The third-order valence-corrected chi connectivity index (χ3v) is 3.64. The van der Waals surface area contributed by atoms with E-state index in [2.05, 4.69) is 4.99 Å². The van der Waals surface area contributed by atoms with E-state index in [4.69, 9.17) is 14.5 Å². The van der Waals surface area contributed by atoms with Crippen LogP contribution < -0.4 is 0 Å². The van der Waals surface area contributed by atoms with E-state index in [1.165, 1.54) is 0 Å². The van der Waals surface area contributed by atoms with E-state index in [0.29, 0.717) is 0 Å². The van der Waals surface area contributed by atoms with E-state index in [0.717, 1.165) is 16.8 Å². The summed E-state index contributed by atoms with van der Waals surface area (Å²) in [6.45, 7) is 1.89. The van der Waals surface area contributed by atoms with Crippen molar-refractivity contribution in [2.45, 2.75) is 18.6 Å². The molecule has 0 N–H and O–H groups in total. The summed E-state index contributed by atoms with van der Waals surface area (Å²) in [6, 6.07) is 19.3. The van der Waals surface area contributed by atoms with Crippen LogP contribution in [0.5, 0.6) is 0 Å². The van der Waals surface area contributed by atoms with Gasteiger partial charge in [0.05, 0.1) is 5.71 Å². The van der Waals surface area contributed by atoms with E-state index in [-0.39, 0.29) is 0 Å². The minimum atomic E-state index is -1.19. The van der Waals surface area contributed by atoms with Crippen molar-refractivity contribution in [3.05, 3.63) is 71.8 Å². The van der Waals surface area contributed by atoms with Crippen LogP contribution in [0.3, 0.4) is 0 Å². The van der Waals surface area contributed by atoms with Crippen molar-refractivity contribution in [3.8, 4) is 0 Å². The Morgan fingerprint density at radius 1 is 0.800 bits per heavy atom. The smallest absolute Gasteiger partial charge is 0.280 e. The summed E-state index contributed by atoms with van der Waals surface area (Å²) in [4.78, 5) is 15.5. The molecule has 0 amide bonds. The van der Waals surface area contributed by atoms with Crippen molar-refractivity contribution < 1.29 is 14.5 Å². The van der Waals surface area contributed by atoms with E-state index >= 15 is 0 Å². The third kappa shape index (κ3) is 1.44. The molecule has 20 heavy (non-hydrogen) atoms. The lowest BCUT2D eigenvalue weighted by Gasteiger charge is -2.21. The highest BCUT2D eigenvalue weighted by molar-refractivity contribution is 5.92. The Labute approximate surface area is 116 Å². The second-order valence-corrected chi connectivity index (χ2v) is 4.90. The van der Waals surface area contributed by atoms with Crippen molar-refractivity contribution in [2.75, 3.05) is 0 Å². The Hall–Kier alpha value is -2.01. The number of rotatable bonds is 2.